The molecule has 1 heterocycles. The molecule has 0 unspecified atom stereocenters. The van der Waals surface area contributed by atoms with Crippen LogP contribution < -0.4 is 14.8 Å². The first-order chi connectivity index (χ1) is 20.0. The molecule has 41 heavy (non-hydrogen) atoms. The van der Waals surface area contributed by atoms with Crippen molar-refractivity contribution >= 4 is 11.6 Å². The number of rotatable bonds is 9. The van der Waals surface area contributed by atoms with E-state index in [1.54, 1.807) is 18.3 Å². The maximum Gasteiger partial charge on any atom is 0.142 e. The highest BCUT2D eigenvalue weighted by Gasteiger charge is 2.56. The fourth-order valence-electron chi connectivity index (χ4n) is 6.53. The van der Waals surface area contributed by atoms with Crippen LogP contribution in [0.3, 0.4) is 0 Å². The number of benzene rings is 3. The van der Waals surface area contributed by atoms with Crippen LogP contribution in [0.2, 0.25) is 5.02 Å². The van der Waals surface area contributed by atoms with Gasteiger partial charge in [0.15, 0.2) is 0 Å². The van der Waals surface area contributed by atoms with Crippen molar-refractivity contribution in [3.8, 4) is 28.7 Å². The zero-order chi connectivity index (χ0) is 28.0. The fraction of sp³-hybridized carbons (Fsp3) is 0.294. The van der Waals surface area contributed by atoms with Crippen molar-refractivity contribution in [3.63, 3.8) is 0 Å². The van der Waals surface area contributed by atoms with Gasteiger partial charge in [-0.2, -0.15) is 5.26 Å². The van der Waals surface area contributed by atoms with Crippen LogP contribution in [0.25, 0.3) is 11.1 Å². The minimum Gasteiger partial charge on any atom is -0.488 e. The van der Waals surface area contributed by atoms with E-state index in [4.69, 9.17) is 21.1 Å². The lowest BCUT2D eigenvalue weighted by molar-refractivity contribution is -0.0521. The number of pyridine rings is 1. The van der Waals surface area contributed by atoms with E-state index >= 15 is 0 Å². The molecular formula is C34H29ClFN3O2. The monoisotopic (exact) mass is 565 g/mol. The lowest BCUT2D eigenvalue weighted by atomic mass is 9.50. The first-order valence-corrected chi connectivity index (χ1v) is 14.5. The summed E-state index contributed by atoms with van der Waals surface area (Å²) in [4.78, 5) is 4.15. The lowest BCUT2D eigenvalue weighted by Gasteiger charge is -2.62. The van der Waals surface area contributed by atoms with E-state index in [9.17, 15) is 9.65 Å². The molecule has 7 heteroatoms. The molecule has 5 nitrogen and oxygen atoms in total. The third-order valence-corrected chi connectivity index (χ3v) is 9.07. The van der Waals surface area contributed by atoms with Crippen LogP contribution in [0.1, 0.15) is 59.6 Å². The second-order valence-corrected chi connectivity index (χ2v) is 11.9. The van der Waals surface area contributed by atoms with Crippen molar-refractivity contribution in [3.05, 3.63) is 112 Å². The number of fused-ring (bicyclic) bond motifs is 1. The molecule has 0 aliphatic heterocycles. The number of hydrogen-bond donors (Lipinski definition) is 1. The molecule has 0 amide bonds. The fourth-order valence-corrected chi connectivity index (χ4v) is 6.76. The summed E-state index contributed by atoms with van der Waals surface area (Å²) < 4.78 is 27.5. The zero-order valence-corrected chi connectivity index (χ0v) is 23.3. The van der Waals surface area contributed by atoms with Gasteiger partial charge in [-0.1, -0.05) is 48.0 Å². The molecule has 0 radical (unpaired) electrons. The average Bonchev–Trinajstić information content (AvgIpc) is 3.35. The molecule has 8 rings (SSSR count). The van der Waals surface area contributed by atoms with E-state index in [0.29, 0.717) is 34.2 Å². The second-order valence-electron chi connectivity index (χ2n) is 11.5. The molecule has 3 fully saturated rings. The molecule has 1 atom stereocenters. The van der Waals surface area contributed by atoms with Crippen molar-refractivity contribution in [1.29, 1.82) is 5.26 Å². The van der Waals surface area contributed by atoms with Gasteiger partial charge in [-0.3, -0.25) is 4.98 Å². The maximum atomic E-state index is 14.6. The minimum absolute atomic E-state index is 0.205. The Hall–Kier alpha value is -3.92. The summed E-state index contributed by atoms with van der Waals surface area (Å²) in [5, 5.41) is 13.5. The highest BCUT2D eigenvalue weighted by Crippen LogP contribution is 2.57. The van der Waals surface area contributed by atoms with Crippen LogP contribution in [0, 0.1) is 23.1 Å². The Balaban J connectivity index is 1.16. The Labute approximate surface area is 243 Å². The van der Waals surface area contributed by atoms with Crippen LogP contribution in [-0.2, 0) is 19.6 Å². The molecule has 4 aromatic rings. The molecule has 1 aromatic heterocycles. The number of nitriles is 1. The van der Waals surface area contributed by atoms with Gasteiger partial charge in [-0.15, -0.1) is 0 Å². The van der Waals surface area contributed by atoms with E-state index < -0.39 is 0 Å². The van der Waals surface area contributed by atoms with E-state index in [2.05, 4.69) is 22.4 Å². The minimum atomic E-state index is -0.228. The predicted molar refractivity (Wildman–Crippen MR) is 155 cm³/mol. The molecule has 206 valence electrons. The number of ether oxygens (including phenoxy) is 2. The Kier molecular flexibility index (Phi) is 6.65. The first-order valence-electron chi connectivity index (χ1n) is 14.1. The van der Waals surface area contributed by atoms with Crippen molar-refractivity contribution in [2.45, 2.75) is 56.9 Å². The highest BCUT2D eigenvalue weighted by atomic mass is 35.5. The van der Waals surface area contributed by atoms with E-state index in [1.807, 2.05) is 36.4 Å². The Morgan fingerprint density at radius 1 is 1.02 bits per heavy atom. The molecule has 1 N–H and O–H groups in total. The van der Waals surface area contributed by atoms with Gasteiger partial charge < -0.3 is 14.8 Å². The average molecular weight is 566 g/mol. The van der Waals surface area contributed by atoms with Gasteiger partial charge in [0.05, 0.1) is 10.6 Å². The highest BCUT2D eigenvalue weighted by molar-refractivity contribution is 6.32. The van der Waals surface area contributed by atoms with Gasteiger partial charge in [0.2, 0.25) is 0 Å². The summed E-state index contributed by atoms with van der Waals surface area (Å²) in [5.41, 5.74) is 6.21. The normalized spacial score (nSPS) is 21.8. The van der Waals surface area contributed by atoms with Crippen LogP contribution in [0.5, 0.6) is 11.5 Å². The lowest BCUT2D eigenvalue weighted by Crippen LogP contribution is -2.66. The van der Waals surface area contributed by atoms with E-state index in [0.717, 1.165) is 46.6 Å². The summed E-state index contributed by atoms with van der Waals surface area (Å²) in [6, 6.07) is 20.6. The summed E-state index contributed by atoms with van der Waals surface area (Å²) >= 11 is 6.82. The van der Waals surface area contributed by atoms with Crippen LogP contribution >= 0.6 is 11.6 Å². The van der Waals surface area contributed by atoms with Gasteiger partial charge in [-0.25, -0.2) is 4.39 Å². The Morgan fingerprint density at radius 3 is 2.63 bits per heavy atom. The topological polar surface area (TPSA) is 67.2 Å². The molecule has 3 saturated carbocycles. The molecule has 4 aliphatic rings. The van der Waals surface area contributed by atoms with E-state index in [-0.39, 0.29) is 24.1 Å². The third-order valence-electron chi connectivity index (χ3n) is 8.77. The summed E-state index contributed by atoms with van der Waals surface area (Å²) in [5.74, 6) is 1.89. The Morgan fingerprint density at radius 2 is 1.85 bits per heavy atom. The summed E-state index contributed by atoms with van der Waals surface area (Å²) in [7, 11) is 0. The van der Waals surface area contributed by atoms with Crippen molar-refractivity contribution in [2.24, 2.45) is 5.92 Å². The first kappa shape index (κ1) is 26.0. The van der Waals surface area contributed by atoms with Crippen LogP contribution in [0.15, 0.2) is 73.1 Å². The van der Waals surface area contributed by atoms with Gasteiger partial charge in [0.25, 0.3) is 0 Å². The van der Waals surface area contributed by atoms with E-state index in [1.165, 1.54) is 31.5 Å². The summed E-state index contributed by atoms with van der Waals surface area (Å²) in [6.45, 7) is 0.916. The van der Waals surface area contributed by atoms with Crippen molar-refractivity contribution < 1.29 is 13.9 Å². The Bertz CT molecular complexity index is 1670. The summed E-state index contributed by atoms with van der Waals surface area (Å²) in [6.07, 6.45) is 8.31. The maximum absolute atomic E-state index is 14.6. The predicted octanol–water partition coefficient (Wildman–Crippen LogP) is 7.70. The van der Waals surface area contributed by atoms with Crippen LogP contribution in [0.4, 0.5) is 4.39 Å². The molecule has 0 saturated heterocycles. The largest absolute Gasteiger partial charge is 0.488 e. The third kappa shape index (κ3) is 4.94. The van der Waals surface area contributed by atoms with Crippen LogP contribution in [-0.4, -0.2) is 10.5 Å². The van der Waals surface area contributed by atoms with Gasteiger partial charge in [0.1, 0.15) is 36.1 Å². The standard InChI is InChI=1S/C34H29ClFN3O2/c35-29-11-24(19-39-34-13-23(14-34)15-34)32(40-20-22-10-21(16-37)17-38-18-22)12-33(29)41-31-9-8-26-25(5-3-6-28(26)31)27-4-1-2-7-30(27)36/h1-7,10-12,17-18,23,31,39H,8-9,13-15,19-20H2/t23?,31-,34?/m0/s1. The number of aromatic nitrogens is 1. The van der Waals surface area contributed by atoms with Gasteiger partial charge in [-0.05, 0) is 72.9 Å². The molecule has 4 aliphatic carbocycles. The molecule has 0 spiro atoms. The smallest absolute Gasteiger partial charge is 0.142 e. The second kappa shape index (κ2) is 10.5. The quantitative estimate of drug-likeness (QED) is 0.225. The van der Waals surface area contributed by atoms with Crippen molar-refractivity contribution in [2.75, 3.05) is 0 Å². The zero-order valence-electron chi connectivity index (χ0n) is 22.5. The molecule has 3 aromatic carbocycles. The number of nitrogens with zero attached hydrogens (tertiary/aromatic N) is 2. The SMILES string of the molecule is N#Cc1cncc(COc2cc(O[C@H]3CCc4c(-c5ccccc5F)cccc43)c(Cl)cc2CNC23CC(C2)C3)c1. The number of halogens is 2. The van der Waals surface area contributed by atoms with Gasteiger partial charge >= 0.3 is 0 Å². The molecule has 2 bridgehead atoms. The molecular weight excluding hydrogens is 537 g/mol. The van der Waals surface area contributed by atoms with Gasteiger partial charge in [0, 0.05) is 47.2 Å². The van der Waals surface area contributed by atoms with Crippen molar-refractivity contribution in [1.82, 2.24) is 10.3 Å². The number of hydrogen-bond acceptors (Lipinski definition) is 5. The number of nitrogens with one attached hydrogen (secondary N) is 1.